The molecule has 0 bridgehead atoms. The van der Waals surface area contributed by atoms with Crippen molar-refractivity contribution in [3.63, 3.8) is 0 Å². The molecule has 1 aromatic carbocycles. The number of benzene rings is 1. The summed E-state index contributed by atoms with van der Waals surface area (Å²) in [7, 11) is 0. The monoisotopic (exact) mass is 238 g/mol. The van der Waals surface area contributed by atoms with Crippen molar-refractivity contribution < 1.29 is 14.5 Å². The van der Waals surface area contributed by atoms with Gasteiger partial charge < -0.3 is 10.1 Å². The molecular formula is C11H14N2O4. The van der Waals surface area contributed by atoms with Gasteiger partial charge in [0.05, 0.1) is 11.3 Å². The maximum absolute atomic E-state index is 10.7. The van der Waals surface area contributed by atoms with E-state index in [2.05, 4.69) is 5.32 Å². The summed E-state index contributed by atoms with van der Waals surface area (Å²) in [6.07, 6.45) is -1.02. The molecule has 6 nitrogen and oxygen atoms in total. The first-order valence-electron chi connectivity index (χ1n) is 5.19. The summed E-state index contributed by atoms with van der Waals surface area (Å²) in [5.74, 6) is 0.226. The second-order valence-electron chi connectivity index (χ2n) is 3.44. The standard InChI is InChI=1S/C11H14N2O4/c1-9(14)12-8-7-11(13(15)16)17-10-5-3-2-4-6-10/h2-6,11H,7-8H2,1H3,(H,12,14). The van der Waals surface area contributed by atoms with Crippen LogP contribution >= 0.6 is 0 Å². The van der Waals surface area contributed by atoms with Crippen LogP contribution in [0.2, 0.25) is 0 Å². The molecule has 0 aromatic heterocycles. The van der Waals surface area contributed by atoms with E-state index >= 15 is 0 Å². The van der Waals surface area contributed by atoms with Crippen LogP contribution in [0.25, 0.3) is 0 Å². The molecule has 0 spiro atoms. The van der Waals surface area contributed by atoms with Crippen molar-refractivity contribution in [2.75, 3.05) is 6.54 Å². The number of para-hydroxylation sites is 1. The minimum absolute atomic E-state index is 0.126. The lowest BCUT2D eigenvalue weighted by molar-refractivity contribution is -0.563. The normalized spacial score (nSPS) is 11.6. The Morgan fingerprint density at radius 2 is 2.12 bits per heavy atom. The second-order valence-corrected chi connectivity index (χ2v) is 3.44. The van der Waals surface area contributed by atoms with E-state index < -0.39 is 11.2 Å². The van der Waals surface area contributed by atoms with Crippen LogP contribution in [-0.4, -0.2) is 23.6 Å². The van der Waals surface area contributed by atoms with E-state index in [1.165, 1.54) is 6.92 Å². The maximum atomic E-state index is 10.7. The molecule has 0 saturated carbocycles. The Labute approximate surface area is 98.7 Å². The molecule has 0 saturated heterocycles. The number of ether oxygens (including phenoxy) is 1. The summed E-state index contributed by atoms with van der Waals surface area (Å²) in [6, 6.07) is 8.56. The average Bonchev–Trinajstić information content (AvgIpc) is 2.28. The van der Waals surface area contributed by atoms with Gasteiger partial charge in [-0.25, -0.2) is 0 Å². The van der Waals surface area contributed by atoms with E-state index in [0.717, 1.165) is 0 Å². The molecule has 1 unspecified atom stereocenters. The first-order valence-corrected chi connectivity index (χ1v) is 5.19. The second kappa shape index (κ2) is 6.47. The highest BCUT2D eigenvalue weighted by atomic mass is 16.7. The number of carbonyl (C=O) groups is 1. The number of rotatable bonds is 6. The Balaban J connectivity index is 2.49. The van der Waals surface area contributed by atoms with Crippen molar-refractivity contribution in [3.05, 3.63) is 40.4 Å². The summed E-state index contributed by atoms with van der Waals surface area (Å²) in [4.78, 5) is 20.9. The summed E-state index contributed by atoms with van der Waals surface area (Å²) in [5, 5.41) is 13.2. The molecule has 92 valence electrons. The minimum atomic E-state index is -1.15. The fraction of sp³-hybridized carbons (Fsp3) is 0.364. The number of amides is 1. The minimum Gasteiger partial charge on any atom is -0.430 e. The number of nitrogens with one attached hydrogen (secondary N) is 1. The topological polar surface area (TPSA) is 81.5 Å². The number of hydrogen-bond acceptors (Lipinski definition) is 4. The summed E-state index contributed by atoms with van der Waals surface area (Å²) in [6.45, 7) is 1.58. The van der Waals surface area contributed by atoms with Gasteiger partial charge >= 0.3 is 6.23 Å². The Bertz CT molecular complexity index is 380. The van der Waals surface area contributed by atoms with E-state index in [1.54, 1.807) is 30.3 Å². The van der Waals surface area contributed by atoms with Crippen molar-refractivity contribution in [3.8, 4) is 5.75 Å². The van der Waals surface area contributed by atoms with Gasteiger partial charge in [0.15, 0.2) is 0 Å². The Kier molecular flexibility index (Phi) is 4.93. The first kappa shape index (κ1) is 13.0. The van der Waals surface area contributed by atoms with Gasteiger partial charge in [0.2, 0.25) is 5.91 Å². The zero-order valence-corrected chi connectivity index (χ0v) is 9.46. The molecule has 0 aliphatic rings. The lowest BCUT2D eigenvalue weighted by Gasteiger charge is -2.11. The van der Waals surface area contributed by atoms with Crippen molar-refractivity contribution in [2.24, 2.45) is 0 Å². The van der Waals surface area contributed by atoms with Crippen molar-refractivity contribution in [1.29, 1.82) is 0 Å². The molecule has 1 aromatic rings. The molecule has 0 aliphatic carbocycles. The molecule has 6 heteroatoms. The summed E-state index contributed by atoms with van der Waals surface area (Å²) >= 11 is 0. The third-order valence-electron chi connectivity index (χ3n) is 2.02. The maximum Gasteiger partial charge on any atom is 0.355 e. The van der Waals surface area contributed by atoms with Gasteiger partial charge in [0.25, 0.3) is 0 Å². The van der Waals surface area contributed by atoms with Crippen LogP contribution in [0, 0.1) is 10.1 Å². The predicted octanol–water partition coefficient (Wildman–Crippen LogP) is 1.19. The van der Waals surface area contributed by atoms with Crippen LogP contribution in [0.5, 0.6) is 5.75 Å². The van der Waals surface area contributed by atoms with E-state index in [9.17, 15) is 14.9 Å². The van der Waals surface area contributed by atoms with Gasteiger partial charge in [-0.1, -0.05) is 18.2 Å². The van der Waals surface area contributed by atoms with Gasteiger partial charge in [-0.15, -0.1) is 0 Å². The largest absolute Gasteiger partial charge is 0.430 e. The van der Waals surface area contributed by atoms with E-state index in [-0.39, 0.29) is 18.9 Å². The van der Waals surface area contributed by atoms with Crippen LogP contribution in [0.4, 0.5) is 0 Å². The van der Waals surface area contributed by atoms with Gasteiger partial charge in [0.1, 0.15) is 5.75 Å². The summed E-state index contributed by atoms with van der Waals surface area (Å²) in [5.41, 5.74) is 0. The van der Waals surface area contributed by atoms with E-state index in [0.29, 0.717) is 5.75 Å². The highest BCUT2D eigenvalue weighted by molar-refractivity contribution is 5.72. The van der Waals surface area contributed by atoms with E-state index in [4.69, 9.17) is 4.74 Å². The molecule has 0 aliphatic heterocycles. The van der Waals surface area contributed by atoms with Crippen molar-refractivity contribution in [1.82, 2.24) is 5.32 Å². The lowest BCUT2D eigenvalue weighted by Crippen LogP contribution is -2.32. The molecule has 17 heavy (non-hydrogen) atoms. The highest BCUT2D eigenvalue weighted by Crippen LogP contribution is 2.12. The molecular weight excluding hydrogens is 224 g/mol. The fourth-order valence-electron chi connectivity index (χ4n) is 1.24. The van der Waals surface area contributed by atoms with Gasteiger partial charge in [0, 0.05) is 13.5 Å². The zero-order chi connectivity index (χ0) is 12.7. The summed E-state index contributed by atoms with van der Waals surface area (Å²) < 4.78 is 5.21. The van der Waals surface area contributed by atoms with Gasteiger partial charge in [-0.3, -0.25) is 14.9 Å². The van der Waals surface area contributed by atoms with Crippen LogP contribution in [0.15, 0.2) is 30.3 Å². The number of nitrogens with zero attached hydrogens (tertiary/aromatic N) is 1. The smallest absolute Gasteiger partial charge is 0.355 e. The molecule has 0 fully saturated rings. The Morgan fingerprint density at radius 3 is 2.65 bits per heavy atom. The quantitative estimate of drug-likeness (QED) is 0.458. The number of hydrogen-bond donors (Lipinski definition) is 1. The third kappa shape index (κ3) is 4.96. The van der Waals surface area contributed by atoms with Crippen LogP contribution < -0.4 is 10.1 Å². The SMILES string of the molecule is CC(=O)NCCC(Oc1ccccc1)[N+](=O)[O-]. The highest BCUT2D eigenvalue weighted by Gasteiger charge is 2.21. The fourth-order valence-corrected chi connectivity index (χ4v) is 1.24. The van der Waals surface area contributed by atoms with Crippen LogP contribution in [0.3, 0.4) is 0 Å². The van der Waals surface area contributed by atoms with Crippen LogP contribution in [0.1, 0.15) is 13.3 Å². The number of nitro groups is 1. The molecule has 0 radical (unpaired) electrons. The molecule has 1 amide bonds. The zero-order valence-electron chi connectivity index (χ0n) is 9.46. The average molecular weight is 238 g/mol. The third-order valence-corrected chi connectivity index (χ3v) is 2.02. The first-order chi connectivity index (χ1) is 8.09. The van der Waals surface area contributed by atoms with Gasteiger partial charge in [-0.2, -0.15) is 0 Å². The Hall–Kier alpha value is -2.11. The van der Waals surface area contributed by atoms with E-state index in [1.807, 2.05) is 0 Å². The van der Waals surface area contributed by atoms with Crippen molar-refractivity contribution in [2.45, 2.75) is 19.6 Å². The molecule has 0 heterocycles. The number of carbonyl (C=O) groups excluding carboxylic acids is 1. The van der Waals surface area contributed by atoms with Crippen molar-refractivity contribution >= 4 is 5.91 Å². The molecule has 1 N–H and O–H groups in total. The van der Waals surface area contributed by atoms with Crippen LogP contribution in [-0.2, 0) is 4.79 Å². The molecule has 1 rings (SSSR count). The van der Waals surface area contributed by atoms with Gasteiger partial charge in [-0.05, 0) is 12.1 Å². The predicted molar refractivity (Wildman–Crippen MR) is 61.2 cm³/mol. The molecule has 1 atom stereocenters. The Morgan fingerprint density at radius 1 is 1.47 bits per heavy atom. The lowest BCUT2D eigenvalue weighted by atomic mass is 10.3.